The van der Waals surface area contributed by atoms with Crippen molar-refractivity contribution in [1.82, 2.24) is 14.1 Å². The molecule has 2 aliphatic rings. The highest BCUT2D eigenvalue weighted by atomic mass is 32.2. The summed E-state index contributed by atoms with van der Waals surface area (Å²) in [5, 5.41) is 0. The lowest BCUT2D eigenvalue weighted by Crippen LogP contribution is -2.50. The van der Waals surface area contributed by atoms with Crippen molar-refractivity contribution in [2.75, 3.05) is 59.6 Å². The zero-order chi connectivity index (χ0) is 21.0. The Kier molecular flexibility index (Phi) is 6.76. The molecule has 0 radical (unpaired) electrons. The number of piperazine rings is 1. The highest BCUT2D eigenvalue weighted by Gasteiger charge is 2.30. The lowest BCUT2D eigenvalue weighted by molar-refractivity contribution is -0.138. The van der Waals surface area contributed by atoms with Gasteiger partial charge >= 0.3 is 0 Å². The van der Waals surface area contributed by atoms with Gasteiger partial charge in [0.05, 0.1) is 26.7 Å². The average Bonchev–Trinajstić information content (AvgIpc) is 2.74. The van der Waals surface area contributed by atoms with Gasteiger partial charge in [-0.1, -0.05) is 6.07 Å². The minimum Gasteiger partial charge on any atom is -0.495 e. The smallest absolute Gasteiger partial charge is 0.246 e. The van der Waals surface area contributed by atoms with Gasteiger partial charge in [-0.05, 0) is 17.7 Å². The number of hydrogen-bond donors (Lipinski definition) is 0. The summed E-state index contributed by atoms with van der Waals surface area (Å²) in [4.78, 5) is 27.6. The van der Waals surface area contributed by atoms with E-state index < -0.39 is 10.0 Å². The van der Waals surface area contributed by atoms with Gasteiger partial charge in [-0.15, -0.1) is 0 Å². The number of sulfonamides is 1. The summed E-state index contributed by atoms with van der Waals surface area (Å²) < 4.78 is 38.0. The molecule has 160 valence electrons. The van der Waals surface area contributed by atoms with Crippen LogP contribution in [0.5, 0.6) is 5.75 Å². The van der Waals surface area contributed by atoms with E-state index in [1.165, 1.54) is 24.4 Å². The summed E-state index contributed by atoms with van der Waals surface area (Å²) in [5.74, 6) is 0.168. The minimum atomic E-state index is -3.75. The number of benzene rings is 1. The Labute approximate surface area is 171 Å². The zero-order valence-electron chi connectivity index (χ0n) is 16.8. The van der Waals surface area contributed by atoms with E-state index in [1.807, 2.05) is 0 Å². The van der Waals surface area contributed by atoms with Gasteiger partial charge in [-0.2, -0.15) is 4.31 Å². The molecule has 0 atom stereocenters. The highest BCUT2D eigenvalue weighted by molar-refractivity contribution is 7.89. The third-order valence-corrected chi connectivity index (χ3v) is 7.17. The van der Waals surface area contributed by atoms with E-state index in [2.05, 4.69) is 0 Å². The first kappa shape index (κ1) is 21.5. The lowest BCUT2D eigenvalue weighted by atomic mass is 10.1. The number of carbonyl (C=O) groups excluding carboxylic acids is 2. The fourth-order valence-electron chi connectivity index (χ4n) is 3.52. The van der Waals surface area contributed by atoms with Crippen LogP contribution in [0.2, 0.25) is 0 Å². The Bertz CT molecular complexity index is 859. The van der Waals surface area contributed by atoms with Gasteiger partial charge in [0.2, 0.25) is 21.8 Å². The van der Waals surface area contributed by atoms with Crippen LogP contribution >= 0.6 is 0 Å². The first-order chi connectivity index (χ1) is 13.8. The molecule has 9 nitrogen and oxygen atoms in total. The van der Waals surface area contributed by atoms with Crippen molar-refractivity contribution in [3.05, 3.63) is 23.8 Å². The SMILES string of the molecule is COc1ccc(CC(=O)N2CCN(C(C)=O)CC2)cc1S(=O)(=O)N1CCOCC1. The summed E-state index contributed by atoms with van der Waals surface area (Å²) in [6, 6.07) is 4.82. The molecular weight excluding hydrogens is 398 g/mol. The number of rotatable bonds is 5. The molecule has 0 saturated carbocycles. The van der Waals surface area contributed by atoms with E-state index in [0.29, 0.717) is 45.0 Å². The maximum atomic E-state index is 13.1. The van der Waals surface area contributed by atoms with E-state index in [1.54, 1.807) is 21.9 Å². The fraction of sp³-hybridized carbons (Fsp3) is 0.579. The van der Waals surface area contributed by atoms with Crippen LogP contribution in [-0.2, 0) is 30.8 Å². The summed E-state index contributed by atoms with van der Waals surface area (Å²) >= 11 is 0. The van der Waals surface area contributed by atoms with Crippen LogP contribution in [0.1, 0.15) is 12.5 Å². The van der Waals surface area contributed by atoms with Crippen molar-refractivity contribution in [2.45, 2.75) is 18.2 Å². The molecule has 10 heteroatoms. The van der Waals surface area contributed by atoms with Gasteiger partial charge in [-0.25, -0.2) is 8.42 Å². The molecule has 0 bridgehead atoms. The standard InChI is InChI=1S/C19H27N3O6S/c1-15(23)20-5-7-21(8-6-20)19(24)14-16-3-4-17(27-2)18(13-16)29(25,26)22-9-11-28-12-10-22/h3-4,13H,5-12,14H2,1-2H3. The van der Waals surface area contributed by atoms with E-state index in [-0.39, 0.29) is 42.0 Å². The molecule has 2 saturated heterocycles. The van der Waals surface area contributed by atoms with Crippen LogP contribution in [0.25, 0.3) is 0 Å². The summed E-state index contributed by atoms with van der Waals surface area (Å²) in [7, 11) is -2.32. The van der Waals surface area contributed by atoms with Crippen molar-refractivity contribution < 1.29 is 27.5 Å². The number of methoxy groups -OCH3 is 1. The molecule has 0 N–H and O–H groups in total. The second kappa shape index (κ2) is 9.10. The molecule has 2 fully saturated rings. The number of morpholine rings is 1. The predicted molar refractivity (Wildman–Crippen MR) is 105 cm³/mol. The second-order valence-corrected chi connectivity index (χ2v) is 8.97. The summed E-state index contributed by atoms with van der Waals surface area (Å²) in [5.41, 5.74) is 0.608. The van der Waals surface area contributed by atoms with Crippen molar-refractivity contribution in [3.8, 4) is 5.75 Å². The van der Waals surface area contributed by atoms with E-state index in [0.717, 1.165) is 0 Å². The Balaban J connectivity index is 1.75. The quantitative estimate of drug-likeness (QED) is 0.656. The van der Waals surface area contributed by atoms with Crippen molar-refractivity contribution in [3.63, 3.8) is 0 Å². The highest BCUT2D eigenvalue weighted by Crippen LogP contribution is 2.28. The number of ether oxygens (including phenoxy) is 2. The van der Waals surface area contributed by atoms with Gasteiger partial charge in [0, 0.05) is 46.2 Å². The van der Waals surface area contributed by atoms with E-state index >= 15 is 0 Å². The molecule has 1 aromatic rings. The summed E-state index contributed by atoms with van der Waals surface area (Å²) in [6.45, 7) is 4.79. The molecule has 2 aliphatic heterocycles. The van der Waals surface area contributed by atoms with Crippen molar-refractivity contribution in [1.29, 1.82) is 0 Å². The molecule has 0 aliphatic carbocycles. The third-order valence-electron chi connectivity index (χ3n) is 5.25. The topological polar surface area (TPSA) is 96.5 Å². The maximum Gasteiger partial charge on any atom is 0.246 e. The molecule has 2 amide bonds. The molecule has 1 aromatic carbocycles. The average molecular weight is 426 g/mol. The first-order valence-electron chi connectivity index (χ1n) is 9.61. The molecule has 2 heterocycles. The van der Waals surface area contributed by atoms with E-state index in [9.17, 15) is 18.0 Å². The van der Waals surface area contributed by atoms with Gasteiger partial charge < -0.3 is 19.3 Å². The number of carbonyl (C=O) groups is 2. The Hall–Kier alpha value is -2.17. The van der Waals surface area contributed by atoms with Crippen LogP contribution in [-0.4, -0.2) is 93.9 Å². The van der Waals surface area contributed by atoms with Gasteiger partial charge in [0.25, 0.3) is 0 Å². The van der Waals surface area contributed by atoms with Crippen LogP contribution in [0.15, 0.2) is 23.1 Å². The van der Waals surface area contributed by atoms with Gasteiger partial charge in [0.1, 0.15) is 10.6 Å². The zero-order valence-corrected chi connectivity index (χ0v) is 17.6. The second-order valence-electron chi connectivity index (χ2n) is 7.07. The number of amides is 2. The predicted octanol–water partition coefficient (Wildman–Crippen LogP) is -0.0507. The van der Waals surface area contributed by atoms with Crippen molar-refractivity contribution >= 4 is 21.8 Å². The largest absolute Gasteiger partial charge is 0.495 e. The Morgan fingerprint density at radius 2 is 1.66 bits per heavy atom. The molecule has 0 aromatic heterocycles. The monoisotopic (exact) mass is 425 g/mol. The Morgan fingerprint density at radius 1 is 1.03 bits per heavy atom. The van der Waals surface area contributed by atoms with Gasteiger partial charge in [-0.3, -0.25) is 9.59 Å². The van der Waals surface area contributed by atoms with E-state index in [4.69, 9.17) is 9.47 Å². The molecule has 29 heavy (non-hydrogen) atoms. The third kappa shape index (κ3) is 4.88. The van der Waals surface area contributed by atoms with Crippen LogP contribution < -0.4 is 4.74 Å². The Morgan fingerprint density at radius 3 is 2.24 bits per heavy atom. The number of hydrogen-bond acceptors (Lipinski definition) is 6. The van der Waals surface area contributed by atoms with Crippen LogP contribution in [0, 0.1) is 0 Å². The lowest BCUT2D eigenvalue weighted by Gasteiger charge is -2.34. The molecule has 3 rings (SSSR count). The first-order valence-corrected chi connectivity index (χ1v) is 11.0. The van der Waals surface area contributed by atoms with Crippen LogP contribution in [0.4, 0.5) is 0 Å². The van der Waals surface area contributed by atoms with Crippen LogP contribution in [0.3, 0.4) is 0 Å². The fourth-order valence-corrected chi connectivity index (χ4v) is 5.13. The molecule has 0 spiro atoms. The maximum absolute atomic E-state index is 13.1. The normalized spacial score (nSPS) is 18.6. The number of nitrogens with zero attached hydrogens (tertiary/aromatic N) is 3. The minimum absolute atomic E-state index is 0.00483. The molecule has 0 unspecified atom stereocenters. The summed E-state index contributed by atoms with van der Waals surface area (Å²) in [6.07, 6.45) is 0.0930. The molecular formula is C19H27N3O6S. The van der Waals surface area contributed by atoms with Crippen molar-refractivity contribution in [2.24, 2.45) is 0 Å². The van der Waals surface area contributed by atoms with Gasteiger partial charge in [0.15, 0.2) is 0 Å².